The summed E-state index contributed by atoms with van der Waals surface area (Å²) in [5.74, 6) is -2.20. The number of carbonyl (C=O) groups excluding carboxylic acids is 1. The molecule has 1 saturated heterocycles. The van der Waals surface area contributed by atoms with E-state index in [1.165, 1.54) is 18.2 Å². The highest BCUT2D eigenvalue weighted by Crippen LogP contribution is 2.57. The lowest BCUT2D eigenvalue weighted by atomic mass is 9.62. The van der Waals surface area contributed by atoms with E-state index in [2.05, 4.69) is 36.7 Å². The number of hydrogen-bond donors (Lipinski definition) is 4. The number of hydrogen-bond acceptors (Lipinski definition) is 4. The predicted octanol–water partition coefficient (Wildman–Crippen LogP) is 5.52. The molecule has 1 spiro atoms. The molecule has 2 heterocycles. The van der Waals surface area contributed by atoms with Crippen molar-refractivity contribution >= 4 is 34.8 Å². The molecular formula is C28H33Cl2F2N3O2. The molecule has 2 aromatic carbocycles. The summed E-state index contributed by atoms with van der Waals surface area (Å²) in [7, 11) is 0. The minimum atomic E-state index is -1.29. The van der Waals surface area contributed by atoms with E-state index < -0.39 is 29.0 Å². The molecule has 1 unspecified atom stereocenters. The Morgan fingerprint density at radius 1 is 1.16 bits per heavy atom. The van der Waals surface area contributed by atoms with Crippen molar-refractivity contribution in [1.29, 1.82) is 0 Å². The number of amides is 1. The average molecular weight is 552 g/mol. The second-order valence-corrected chi connectivity index (χ2v) is 12.7. The quantitative estimate of drug-likeness (QED) is 0.394. The summed E-state index contributed by atoms with van der Waals surface area (Å²) in [6.07, 6.45) is 2.46. The topological polar surface area (TPSA) is 73.4 Å². The van der Waals surface area contributed by atoms with E-state index in [9.17, 15) is 14.3 Å². The lowest BCUT2D eigenvalue weighted by Crippen LogP contribution is -2.49. The molecule has 5 rings (SSSR count). The third kappa shape index (κ3) is 4.67. The van der Waals surface area contributed by atoms with Gasteiger partial charge in [-0.2, -0.15) is 0 Å². The summed E-state index contributed by atoms with van der Waals surface area (Å²) < 4.78 is 30.7. The van der Waals surface area contributed by atoms with Gasteiger partial charge in [0.1, 0.15) is 17.0 Å². The van der Waals surface area contributed by atoms with Crippen LogP contribution in [0.4, 0.5) is 14.5 Å². The fourth-order valence-electron chi connectivity index (χ4n) is 6.68. The van der Waals surface area contributed by atoms with Crippen molar-refractivity contribution in [3.8, 4) is 0 Å². The van der Waals surface area contributed by atoms with Crippen LogP contribution in [0, 0.1) is 17.0 Å². The Labute approximate surface area is 226 Å². The summed E-state index contributed by atoms with van der Waals surface area (Å²) >= 11 is 12.3. The maximum atomic E-state index is 15.7. The Bertz CT molecular complexity index is 1220. The maximum Gasteiger partial charge on any atom is 0.237 e. The molecule has 3 aliphatic rings. The van der Waals surface area contributed by atoms with Gasteiger partial charge in [-0.05, 0) is 60.4 Å². The maximum absolute atomic E-state index is 15.7. The predicted molar refractivity (Wildman–Crippen MR) is 142 cm³/mol. The summed E-state index contributed by atoms with van der Waals surface area (Å²) in [6, 6.07) is 6.93. The van der Waals surface area contributed by atoms with E-state index in [1.807, 2.05) is 0 Å². The van der Waals surface area contributed by atoms with Crippen LogP contribution in [-0.4, -0.2) is 41.8 Å². The van der Waals surface area contributed by atoms with E-state index in [1.54, 1.807) is 12.1 Å². The first kappa shape index (κ1) is 26.8. The van der Waals surface area contributed by atoms with E-state index in [0.29, 0.717) is 36.2 Å². The largest absolute Gasteiger partial charge is 0.393 e. The molecule has 0 radical (unpaired) electrons. The fourth-order valence-corrected chi connectivity index (χ4v) is 7.03. The zero-order valence-corrected chi connectivity index (χ0v) is 22.7. The summed E-state index contributed by atoms with van der Waals surface area (Å²) in [5.41, 5.74) is -0.246. The van der Waals surface area contributed by atoms with Gasteiger partial charge in [-0.1, -0.05) is 56.1 Å². The molecule has 2 aliphatic heterocycles. The second-order valence-electron chi connectivity index (χ2n) is 11.9. The van der Waals surface area contributed by atoms with E-state index >= 15 is 4.39 Å². The summed E-state index contributed by atoms with van der Waals surface area (Å²) in [4.78, 5) is 14.1. The number of anilines is 1. The Kier molecular flexibility index (Phi) is 7.08. The van der Waals surface area contributed by atoms with Gasteiger partial charge in [0.15, 0.2) is 0 Å². The lowest BCUT2D eigenvalue weighted by Gasteiger charge is -2.38. The number of carbonyl (C=O) groups is 1. The third-order valence-corrected chi connectivity index (χ3v) is 8.73. The Morgan fingerprint density at radius 3 is 2.59 bits per heavy atom. The summed E-state index contributed by atoms with van der Waals surface area (Å²) in [5, 5.41) is 20.0. The fraction of sp³-hybridized carbons (Fsp3) is 0.536. The minimum absolute atomic E-state index is 0.0292. The third-order valence-electron chi connectivity index (χ3n) is 8.15. The number of aliphatic hydroxyl groups is 1. The van der Waals surface area contributed by atoms with E-state index in [4.69, 9.17) is 23.2 Å². The smallest absolute Gasteiger partial charge is 0.237 e. The van der Waals surface area contributed by atoms with Crippen molar-refractivity contribution in [2.24, 2.45) is 5.41 Å². The van der Waals surface area contributed by atoms with E-state index in [0.717, 1.165) is 12.8 Å². The van der Waals surface area contributed by atoms with Gasteiger partial charge in [-0.25, -0.2) is 8.78 Å². The van der Waals surface area contributed by atoms with Crippen LogP contribution in [-0.2, 0) is 10.2 Å². The number of halogens is 4. The molecule has 0 bridgehead atoms. The highest BCUT2D eigenvalue weighted by atomic mass is 35.5. The van der Waals surface area contributed by atoms with Gasteiger partial charge in [-0.3, -0.25) is 4.79 Å². The van der Waals surface area contributed by atoms with Gasteiger partial charge in [0, 0.05) is 36.3 Å². The van der Waals surface area contributed by atoms with Gasteiger partial charge in [0.2, 0.25) is 5.91 Å². The number of nitrogens with one attached hydrogen (secondary N) is 3. The zero-order chi connectivity index (χ0) is 26.7. The lowest BCUT2D eigenvalue weighted by molar-refractivity contribution is -0.122. The number of benzene rings is 2. The minimum Gasteiger partial charge on any atom is -0.393 e. The monoisotopic (exact) mass is 551 g/mol. The van der Waals surface area contributed by atoms with Gasteiger partial charge in [-0.15, -0.1) is 0 Å². The standard InChI is InChI=1S/C28H33Cl2F2N3O2/c1-27(2,3)12-23-28(17-10-20(31)19(30)11-21(17)35-26(28)37)24(16-5-4-6-18(29)25(16)32)22(34-23)13-33-14-7-8-15(36)9-14/h4-6,10-11,14-15,22-24,33-34,36H,7-9,12-13H2,1-3H3,(H,35,37)/t14?,15-,22-,23+,24-,28-/m0/s1. The van der Waals surface area contributed by atoms with Crippen molar-refractivity contribution in [2.45, 2.75) is 82.0 Å². The van der Waals surface area contributed by atoms with Crippen LogP contribution in [0.5, 0.6) is 0 Å². The number of rotatable bonds is 5. The highest BCUT2D eigenvalue weighted by molar-refractivity contribution is 6.31. The molecule has 200 valence electrons. The Morgan fingerprint density at radius 2 is 1.92 bits per heavy atom. The van der Waals surface area contributed by atoms with Crippen LogP contribution in [0.2, 0.25) is 10.0 Å². The van der Waals surface area contributed by atoms with Crippen molar-refractivity contribution in [1.82, 2.24) is 10.6 Å². The van der Waals surface area contributed by atoms with Gasteiger partial charge in [0.25, 0.3) is 0 Å². The van der Waals surface area contributed by atoms with Crippen LogP contribution in [0.15, 0.2) is 30.3 Å². The van der Waals surface area contributed by atoms with Crippen molar-refractivity contribution in [3.05, 3.63) is 63.1 Å². The van der Waals surface area contributed by atoms with Gasteiger partial charge >= 0.3 is 0 Å². The second kappa shape index (κ2) is 9.76. The summed E-state index contributed by atoms with van der Waals surface area (Å²) in [6.45, 7) is 6.69. The number of aliphatic hydroxyl groups excluding tert-OH is 1. The first-order valence-electron chi connectivity index (χ1n) is 12.8. The average Bonchev–Trinajstić information content (AvgIpc) is 3.44. The van der Waals surface area contributed by atoms with Crippen LogP contribution >= 0.6 is 23.2 Å². The molecule has 9 heteroatoms. The van der Waals surface area contributed by atoms with E-state index in [-0.39, 0.29) is 39.6 Å². The molecule has 0 aromatic heterocycles. The molecule has 1 amide bonds. The molecular weight excluding hydrogens is 519 g/mol. The zero-order valence-electron chi connectivity index (χ0n) is 21.2. The number of fused-ring (bicyclic) bond motifs is 2. The highest BCUT2D eigenvalue weighted by Gasteiger charge is 2.65. The Hall–Kier alpha value is -1.77. The van der Waals surface area contributed by atoms with Gasteiger partial charge < -0.3 is 21.1 Å². The first-order chi connectivity index (χ1) is 17.4. The van der Waals surface area contributed by atoms with Crippen LogP contribution < -0.4 is 16.0 Å². The SMILES string of the molecule is CC(C)(C)C[C@H]1N[C@@H](CNC2CC[C@H](O)C2)[C@H](c2cccc(Cl)c2F)[C@@]12C(=O)Nc1cc(Cl)c(F)cc12. The molecule has 6 atom stereocenters. The Balaban J connectivity index is 1.68. The van der Waals surface area contributed by atoms with Crippen LogP contribution in [0.3, 0.4) is 0 Å². The molecule has 5 nitrogen and oxygen atoms in total. The van der Waals surface area contributed by atoms with Crippen molar-refractivity contribution in [2.75, 3.05) is 11.9 Å². The first-order valence-corrected chi connectivity index (χ1v) is 13.6. The normalized spacial score (nSPS) is 31.2. The molecule has 2 aromatic rings. The molecule has 1 saturated carbocycles. The molecule has 2 fully saturated rings. The molecule has 1 aliphatic carbocycles. The molecule has 37 heavy (non-hydrogen) atoms. The van der Waals surface area contributed by atoms with Gasteiger partial charge in [0.05, 0.1) is 16.1 Å². The van der Waals surface area contributed by atoms with Crippen LogP contribution in [0.1, 0.15) is 63.5 Å². The molecule has 4 N–H and O–H groups in total. The van der Waals surface area contributed by atoms with Crippen molar-refractivity contribution in [3.63, 3.8) is 0 Å². The van der Waals surface area contributed by atoms with Crippen molar-refractivity contribution < 1.29 is 18.7 Å². The van der Waals surface area contributed by atoms with Crippen LogP contribution in [0.25, 0.3) is 0 Å².